The maximum Gasteiger partial charge on any atom is 0.224 e. The van der Waals surface area contributed by atoms with Crippen molar-refractivity contribution in [2.45, 2.75) is 19.9 Å². The molecule has 2 atom stereocenters. The van der Waals surface area contributed by atoms with Crippen molar-refractivity contribution in [3.63, 3.8) is 0 Å². The molecule has 0 aliphatic rings. The summed E-state index contributed by atoms with van der Waals surface area (Å²) in [5.41, 5.74) is 6.93. The zero-order chi connectivity index (χ0) is 15.2. The Morgan fingerprint density at radius 2 is 1.86 bits per heavy atom. The van der Waals surface area contributed by atoms with Gasteiger partial charge in [0.05, 0.1) is 11.7 Å². The van der Waals surface area contributed by atoms with E-state index in [0.717, 1.165) is 5.56 Å². The summed E-state index contributed by atoms with van der Waals surface area (Å²) in [5.74, 6) is -0.598. The molecule has 0 saturated heterocycles. The van der Waals surface area contributed by atoms with Crippen LogP contribution >= 0.6 is 12.4 Å². The molecule has 0 heterocycles. The summed E-state index contributed by atoms with van der Waals surface area (Å²) in [6.07, 6.45) is 0. The fraction of sp³-hybridized carbons (Fsp3) is 0.500. The number of nitrogens with two attached hydrogens (primary N) is 1. The van der Waals surface area contributed by atoms with Gasteiger partial charge in [-0.25, -0.2) is 8.42 Å². The van der Waals surface area contributed by atoms with Crippen LogP contribution in [0.5, 0.6) is 0 Å². The molecule has 0 saturated carbocycles. The Kier molecular flexibility index (Phi) is 8.54. The van der Waals surface area contributed by atoms with Crippen molar-refractivity contribution < 1.29 is 13.2 Å². The van der Waals surface area contributed by atoms with E-state index in [1.807, 2.05) is 30.3 Å². The lowest BCUT2D eigenvalue weighted by Gasteiger charge is -2.19. The SMILES string of the molecule is CCS(=O)(=O)CCNC(=O)C(C)C(N)c1ccccc1.Cl. The molecule has 0 fully saturated rings. The first-order valence-corrected chi connectivity index (χ1v) is 8.48. The highest BCUT2D eigenvalue weighted by Crippen LogP contribution is 2.18. The van der Waals surface area contributed by atoms with Crippen molar-refractivity contribution >= 4 is 28.2 Å². The van der Waals surface area contributed by atoms with Gasteiger partial charge in [0.15, 0.2) is 9.84 Å². The molecule has 0 spiro atoms. The number of halogens is 1. The molecule has 0 aromatic heterocycles. The van der Waals surface area contributed by atoms with Crippen molar-refractivity contribution in [2.24, 2.45) is 11.7 Å². The molecule has 2 unspecified atom stereocenters. The van der Waals surface area contributed by atoms with Gasteiger partial charge in [-0.15, -0.1) is 12.4 Å². The average Bonchev–Trinajstić information content (AvgIpc) is 2.46. The van der Waals surface area contributed by atoms with Gasteiger partial charge in [0, 0.05) is 18.3 Å². The van der Waals surface area contributed by atoms with E-state index in [-0.39, 0.29) is 36.4 Å². The van der Waals surface area contributed by atoms with Crippen LogP contribution in [0.1, 0.15) is 25.5 Å². The quantitative estimate of drug-likeness (QED) is 0.786. The molecule has 7 heteroatoms. The zero-order valence-electron chi connectivity index (χ0n) is 12.3. The summed E-state index contributed by atoms with van der Waals surface area (Å²) in [7, 11) is -3.06. The fourth-order valence-corrected chi connectivity index (χ4v) is 2.46. The molecule has 5 nitrogen and oxygen atoms in total. The van der Waals surface area contributed by atoms with Crippen LogP contribution in [0.4, 0.5) is 0 Å². The number of hydrogen-bond acceptors (Lipinski definition) is 4. The molecule has 0 aliphatic heterocycles. The molecule has 21 heavy (non-hydrogen) atoms. The molecular weight excluding hydrogens is 312 g/mol. The third-order valence-electron chi connectivity index (χ3n) is 3.29. The Labute approximate surface area is 132 Å². The van der Waals surface area contributed by atoms with Gasteiger partial charge in [-0.05, 0) is 5.56 Å². The minimum absolute atomic E-state index is 0. The Bertz CT molecular complexity index is 534. The van der Waals surface area contributed by atoms with Crippen LogP contribution in [-0.2, 0) is 14.6 Å². The Balaban J connectivity index is 0.00000400. The van der Waals surface area contributed by atoms with Gasteiger partial charge in [0.25, 0.3) is 0 Å². The summed E-state index contributed by atoms with van der Waals surface area (Å²) in [4.78, 5) is 11.9. The molecule has 0 aliphatic carbocycles. The first kappa shape index (κ1) is 19.9. The summed E-state index contributed by atoms with van der Waals surface area (Å²) >= 11 is 0. The Hall–Kier alpha value is -1.11. The average molecular weight is 335 g/mol. The predicted octanol–water partition coefficient (Wildman–Crippen LogP) is 1.30. The smallest absolute Gasteiger partial charge is 0.224 e. The third-order valence-corrected chi connectivity index (χ3v) is 4.99. The lowest BCUT2D eigenvalue weighted by molar-refractivity contribution is -0.125. The number of benzene rings is 1. The van der Waals surface area contributed by atoms with Crippen LogP contribution in [0.2, 0.25) is 0 Å². The van der Waals surface area contributed by atoms with Crippen molar-refractivity contribution in [3.05, 3.63) is 35.9 Å². The largest absolute Gasteiger partial charge is 0.355 e. The number of amides is 1. The molecule has 1 aromatic carbocycles. The minimum atomic E-state index is -3.06. The summed E-state index contributed by atoms with van der Waals surface area (Å²) in [5, 5.41) is 2.63. The second-order valence-electron chi connectivity index (χ2n) is 4.75. The van der Waals surface area contributed by atoms with Crippen molar-refractivity contribution in [1.82, 2.24) is 5.32 Å². The normalized spacial score (nSPS) is 13.9. The van der Waals surface area contributed by atoms with Crippen LogP contribution in [0.25, 0.3) is 0 Å². The highest BCUT2D eigenvalue weighted by atomic mass is 35.5. The number of nitrogens with one attached hydrogen (secondary N) is 1. The zero-order valence-corrected chi connectivity index (χ0v) is 13.9. The highest BCUT2D eigenvalue weighted by molar-refractivity contribution is 7.91. The minimum Gasteiger partial charge on any atom is -0.355 e. The molecule has 3 N–H and O–H groups in total. The van der Waals surface area contributed by atoms with Gasteiger partial charge in [0.2, 0.25) is 5.91 Å². The second-order valence-corrected chi connectivity index (χ2v) is 7.23. The maximum absolute atomic E-state index is 11.9. The maximum atomic E-state index is 11.9. The van der Waals surface area contributed by atoms with E-state index in [1.165, 1.54) is 0 Å². The Morgan fingerprint density at radius 1 is 1.29 bits per heavy atom. The van der Waals surface area contributed by atoms with Crippen LogP contribution in [-0.4, -0.2) is 32.4 Å². The predicted molar refractivity (Wildman–Crippen MR) is 87.1 cm³/mol. The Morgan fingerprint density at radius 3 is 2.38 bits per heavy atom. The van der Waals surface area contributed by atoms with Gasteiger partial charge in [0.1, 0.15) is 0 Å². The van der Waals surface area contributed by atoms with E-state index in [1.54, 1.807) is 13.8 Å². The van der Waals surface area contributed by atoms with E-state index >= 15 is 0 Å². The molecule has 120 valence electrons. The monoisotopic (exact) mass is 334 g/mol. The van der Waals surface area contributed by atoms with E-state index in [0.29, 0.717) is 0 Å². The lowest BCUT2D eigenvalue weighted by atomic mass is 9.95. The van der Waals surface area contributed by atoms with E-state index < -0.39 is 21.8 Å². The van der Waals surface area contributed by atoms with Gasteiger partial charge < -0.3 is 11.1 Å². The molecule has 1 aromatic rings. The molecule has 1 rings (SSSR count). The van der Waals surface area contributed by atoms with Crippen LogP contribution in [0.3, 0.4) is 0 Å². The van der Waals surface area contributed by atoms with E-state index in [2.05, 4.69) is 5.32 Å². The third kappa shape index (κ3) is 6.46. The molecule has 0 bridgehead atoms. The standard InChI is InChI=1S/C14H22N2O3S.ClH/c1-3-20(18,19)10-9-16-14(17)11(2)13(15)12-7-5-4-6-8-12;/h4-8,11,13H,3,9-10,15H2,1-2H3,(H,16,17);1H. The van der Waals surface area contributed by atoms with Crippen LogP contribution < -0.4 is 11.1 Å². The lowest BCUT2D eigenvalue weighted by Crippen LogP contribution is -2.37. The topological polar surface area (TPSA) is 89.3 Å². The molecule has 0 radical (unpaired) electrons. The van der Waals surface area contributed by atoms with Gasteiger partial charge in [-0.3, -0.25) is 4.79 Å². The fourth-order valence-electron chi connectivity index (χ4n) is 1.76. The molecule has 1 amide bonds. The summed E-state index contributed by atoms with van der Waals surface area (Å²) < 4.78 is 22.7. The van der Waals surface area contributed by atoms with E-state index in [9.17, 15) is 13.2 Å². The van der Waals surface area contributed by atoms with Crippen molar-refractivity contribution in [2.75, 3.05) is 18.1 Å². The van der Waals surface area contributed by atoms with E-state index in [4.69, 9.17) is 5.73 Å². The summed E-state index contributed by atoms with van der Waals surface area (Å²) in [6.45, 7) is 3.45. The van der Waals surface area contributed by atoms with Gasteiger partial charge >= 0.3 is 0 Å². The first-order chi connectivity index (χ1) is 9.37. The van der Waals surface area contributed by atoms with Crippen LogP contribution in [0, 0.1) is 5.92 Å². The number of sulfone groups is 1. The number of carbonyl (C=O) groups is 1. The summed E-state index contributed by atoms with van der Waals surface area (Å²) in [6, 6.07) is 8.96. The number of carbonyl (C=O) groups excluding carboxylic acids is 1. The number of rotatable bonds is 7. The van der Waals surface area contributed by atoms with Gasteiger partial charge in [-0.1, -0.05) is 44.2 Å². The number of hydrogen-bond donors (Lipinski definition) is 2. The second kappa shape index (κ2) is 9.02. The van der Waals surface area contributed by atoms with Crippen molar-refractivity contribution in [3.8, 4) is 0 Å². The van der Waals surface area contributed by atoms with Gasteiger partial charge in [-0.2, -0.15) is 0 Å². The van der Waals surface area contributed by atoms with Crippen molar-refractivity contribution in [1.29, 1.82) is 0 Å². The highest BCUT2D eigenvalue weighted by Gasteiger charge is 2.22. The first-order valence-electron chi connectivity index (χ1n) is 6.66. The molecular formula is C14H23ClN2O3S. The van der Waals surface area contributed by atoms with Crippen LogP contribution in [0.15, 0.2) is 30.3 Å².